The summed E-state index contributed by atoms with van der Waals surface area (Å²) in [6.45, 7) is 2.95. The highest BCUT2D eigenvalue weighted by atomic mass is 16.3. The van der Waals surface area contributed by atoms with Gasteiger partial charge in [0.15, 0.2) is 0 Å². The molecular formula is C14H22N2O3. The van der Waals surface area contributed by atoms with Crippen LogP contribution in [0.1, 0.15) is 36.1 Å². The number of aliphatic hydroxyl groups excluding tert-OH is 2. The molecule has 0 spiro atoms. The summed E-state index contributed by atoms with van der Waals surface area (Å²) >= 11 is 0. The lowest BCUT2D eigenvalue weighted by atomic mass is 10.1. The SMILES string of the molecule is Cc1ncc(CO)c(CNCC2CCC(O)C2)c1O. The van der Waals surface area contributed by atoms with Gasteiger partial charge in [0.1, 0.15) is 5.75 Å². The van der Waals surface area contributed by atoms with Gasteiger partial charge in [-0.3, -0.25) is 4.98 Å². The number of hydrogen-bond acceptors (Lipinski definition) is 5. The summed E-state index contributed by atoms with van der Waals surface area (Å²) in [6, 6.07) is 0. The maximum absolute atomic E-state index is 9.99. The largest absolute Gasteiger partial charge is 0.506 e. The molecule has 0 radical (unpaired) electrons. The van der Waals surface area contributed by atoms with E-state index < -0.39 is 0 Å². The van der Waals surface area contributed by atoms with Crippen LogP contribution in [0.5, 0.6) is 5.75 Å². The molecule has 0 bridgehead atoms. The maximum atomic E-state index is 9.99. The van der Waals surface area contributed by atoms with E-state index in [1.165, 1.54) is 0 Å². The Balaban J connectivity index is 1.93. The highest BCUT2D eigenvalue weighted by molar-refractivity contribution is 5.40. The first kappa shape index (κ1) is 14.2. The van der Waals surface area contributed by atoms with Gasteiger partial charge in [-0.2, -0.15) is 0 Å². The number of aromatic nitrogens is 1. The molecule has 0 aliphatic heterocycles. The van der Waals surface area contributed by atoms with Crippen LogP contribution in [0.25, 0.3) is 0 Å². The Bertz CT molecular complexity index is 437. The topological polar surface area (TPSA) is 85.6 Å². The van der Waals surface area contributed by atoms with Crippen LogP contribution in [0.2, 0.25) is 0 Å². The number of aromatic hydroxyl groups is 1. The predicted octanol–water partition coefficient (Wildman–Crippen LogP) is 0.839. The first-order valence-electron chi connectivity index (χ1n) is 6.77. The first-order chi connectivity index (χ1) is 9.11. The van der Waals surface area contributed by atoms with Gasteiger partial charge in [0.2, 0.25) is 0 Å². The van der Waals surface area contributed by atoms with Crippen molar-refractivity contribution in [3.63, 3.8) is 0 Å². The zero-order chi connectivity index (χ0) is 13.8. The average molecular weight is 266 g/mol. The van der Waals surface area contributed by atoms with E-state index in [1.807, 2.05) is 0 Å². The minimum absolute atomic E-state index is 0.125. The fourth-order valence-corrected chi connectivity index (χ4v) is 2.65. The third-order valence-electron chi connectivity index (χ3n) is 3.85. The second-order valence-electron chi connectivity index (χ2n) is 5.32. The molecule has 1 heterocycles. The summed E-state index contributed by atoms with van der Waals surface area (Å²) in [6.07, 6.45) is 4.22. The van der Waals surface area contributed by atoms with Crippen LogP contribution in [-0.2, 0) is 13.2 Å². The highest BCUT2D eigenvalue weighted by Crippen LogP contribution is 2.26. The van der Waals surface area contributed by atoms with E-state index in [1.54, 1.807) is 13.1 Å². The number of nitrogens with zero attached hydrogens (tertiary/aromatic N) is 1. The molecule has 5 nitrogen and oxygen atoms in total. The smallest absolute Gasteiger partial charge is 0.141 e. The van der Waals surface area contributed by atoms with E-state index in [4.69, 9.17) is 0 Å². The van der Waals surface area contributed by atoms with Crippen LogP contribution in [-0.4, -0.2) is 33.0 Å². The molecule has 1 saturated carbocycles. The molecule has 2 atom stereocenters. The zero-order valence-electron chi connectivity index (χ0n) is 11.3. The molecule has 2 rings (SSSR count). The Hall–Kier alpha value is -1.17. The lowest BCUT2D eigenvalue weighted by molar-refractivity contribution is 0.177. The molecule has 0 aromatic carbocycles. The Morgan fingerprint density at radius 3 is 2.84 bits per heavy atom. The second-order valence-corrected chi connectivity index (χ2v) is 5.32. The van der Waals surface area contributed by atoms with Gasteiger partial charge in [-0.25, -0.2) is 0 Å². The molecule has 0 saturated heterocycles. The lowest BCUT2D eigenvalue weighted by Crippen LogP contribution is -2.22. The van der Waals surface area contributed by atoms with Gasteiger partial charge < -0.3 is 20.6 Å². The van der Waals surface area contributed by atoms with Crippen LogP contribution in [0, 0.1) is 12.8 Å². The number of nitrogens with one attached hydrogen (secondary N) is 1. The molecule has 1 fully saturated rings. The van der Waals surface area contributed by atoms with Crippen LogP contribution in [0.15, 0.2) is 6.20 Å². The van der Waals surface area contributed by atoms with Crippen molar-refractivity contribution in [3.8, 4) is 5.75 Å². The van der Waals surface area contributed by atoms with Gasteiger partial charge in [0.25, 0.3) is 0 Å². The van der Waals surface area contributed by atoms with Crippen LogP contribution < -0.4 is 5.32 Å². The van der Waals surface area contributed by atoms with Crippen molar-refractivity contribution >= 4 is 0 Å². The third kappa shape index (κ3) is 3.43. The average Bonchev–Trinajstić information content (AvgIpc) is 2.80. The number of aliphatic hydroxyl groups is 2. The molecular weight excluding hydrogens is 244 g/mol. The monoisotopic (exact) mass is 266 g/mol. The Kier molecular flexibility index (Phi) is 4.74. The molecule has 2 unspecified atom stereocenters. The third-order valence-corrected chi connectivity index (χ3v) is 3.85. The molecule has 4 N–H and O–H groups in total. The quantitative estimate of drug-likeness (QED) is 0.634. The van der Waals surface area contributed by atoms with Gasteiger partial charge >= 0.3 is 0 Å². The molecule has 1 aliphatic carbocycles. The fourth-order valence-electron chi connectivity index (χ4n) is 2.65. The number of hydrogen-bond donors (Lipinski definition) is 4. The Labute approximate surface area is 113 Å². The maximum Gasteiger partial charge on any atom is 0.141 e. The fraction of sp³-hybridized carbons (Fsp3) is 0.643. The van der Waals surface area contributed by atoms with Crippen molar-refractivity contribution in [2.75, 3.05) is 6.54 Å². The summed E-state index contributed by atoms with van der Waals surface area (Å²) in [5.74, 6) is 0.656. The minimum Gasteiger partial charge on any atom is -0.506 e. The van der Waals surface area contributed by atoms with Crippen molar-refractivity contribution in [2.24, 2.45) is 5.92 Å². The zero-order valence-corrected chi connectivity index (χ0v) is 11.3. The van der Waals surface area contributed by atoms with E-state index in [0.29, 0.717) is 29.3 Å². The van der Waals surface area contributed by atoms with Gasteiger partial charge in [-0.05, 0) is 38.6 Å². The molecule has 5 heteroatoms. The first-order valence-corrected chi connectivity index (χ1v) is 6.77. The van der Waals surface area contributed by atoms with Crippen LogP contribution in [0.3, 0.4) is 0 Å². The van der Waals surface area contributed by atoms with E-state index in [2.05, 4.69) is 10.3 Å². The predicted molar refractivity (Wildman–Crippen MR) is 71.6 cm³/mol. The number of aryl methyl sites for hydroxylation is 1. The summed E-state index contributed by atoms with van der Waals surface area (Å²) in [5, 5.41) is 32.0. The lowest BCUT2D eigenvalue weighted by Gasteiger charge is -2.14. The van der Waals surface area contributed by atoms with E-state index in [-0.39, 0.29) is 18.5 Å². The highest BCUT2D eigenvalue weighted by Gasteiger charge is 2.22. The second kappa shape index (κ2) is 6.32. The standard InChI is InChI=1S/C14H22N2O3/c1-9-14(19)13(11(8-17)6-16-9)7-15-5-10-2-3-12(18)4-10/h6,10,12,15,17-19H,2-5,7-8H2,1H3. The number of pyridine rings is 1. The number of rotatable bonds is 5. The van der Waals surface area contributed by atoms with Crippen molar-refractivity contribution in [1.82, 2.24) is 10.3 Å². The summed E-state index contributed by atoms with van der Waals surface area (Å²) < 4.78 is 0. The van der Waals surface area contributed by atoms with E-state index >= 15 is 0 Å². The summed E-state index contributed by atoms with van der Waals surface area (Å²) in [7, 11) is 0. The molecule has 0 amide bonds. The summed E-state index contributed by atoms with van der Waals surface area (Å²) in [4.78, 5) is 4.03. The molecule has 1 aromatic rings. The molecule has 1 aromatic heterocycles. The van der Waals surface area contributed by atoms with Crippen molar-refractivity contribution in [3.05, 3.63) is 23.0 Å². The van der Waals surface area contributed by atoms with Crippen molar-refractivity contribution < 1.29 is 15.3 Å². The van der Waals surface area contributed by atoms with Gasteiger partial charge in [-0.15, -0.1) is 0 Å². The van der Waals surface area contributed by atoms with Crippen molar-refractivity contribution in [2.45, 2.75) is 45.4 Å². The van der Waals surface area contributed by atoms with E-state index in [9.17, 15) is 15.3 Å². The Morgan fingerprint density at radius 1 is 1.42 bits per heavy atom. The normalized spacial score (nSPS) is 22.9. The molecule has 106 valence electrons. The van der Waals surface area contributed by atoms with Crippen LogP contribution >= 0.6 is 0 Å². The van der Waals surface area contributed by atoms with Gasteiger partial charge in [-0.1, -0.05) is 0 Å². The van der Waals surface area contributed by atoms with Crippen LogP contribution in [0.4, 0.5) is 0 Å². The summed E-state index contributed by atoms with van der Waals surface area (Å²) in [5.41, 5.74) is 1.95. The molecule has 1 aliphatic rings. The van der Waals surface area contributed by atoms with E-state index in [0.717, 1.165) is 25.8 Å². The van der Waals surface area contributed by atoms with Gasteiger partial charge in [0, 0.05) is 23.9 Å². The Morgan fingerprint density at radius 2 is 2.21 bits per heavy atom. The van der Waals surface area contributed by atoms with Gasteiger partial charge in [0.05, 0.1) is 18.4 Å². The minimum atomic E-state index is -0.156. The molecule has 19 heavy (non-hydrogen) atoms. The van der Waals surface area contributed by atoms with Crippen molar-refractivity contribution in [1.29, 1.82) is 0 Å².